The molecular weight excluding hydrogens is 594 g/mol. The van der Waals surface area contributed by atoms with Gasteiger partial charge in [-0.2, -0.15) is 10.2 Å². The summed E-state index contributed by atoms with van der Waals surface area (Å²) in [5.41, 5.74) is 3.41. The first-order valence-corrected chi connectivity index (χ1v) is 14.2. The Kier molecular flexibility index (Phi) is 9.59. The van der Waals surface area contributed by atoms with Crippen molar-refractivity contribution in [3.05, 3.63) is 94.8 Å². The number of halogens is 4. The lowest BCUT2D eigenvalue weighted by molar-refractivity contribution is -0.167. The quantitative estimate of drug-likeness (QED) is 0.227. The Hall–Kier alpha value is -4.62. The highest BCUT2D eigenvalue weighted by molar-refractivity contribution is 5.97. The third-order valence-electron chi connectivity index (χ3n) is 7.63. The molecule has 2 aromatic carbocycles. The molecule has 1 saturated heterocycles. The number of methoxy groups -OCH3 is 1. The van der Waals surface area contributed by atoms with E-state index in [9.17, 15) is 27.2 Å². The molecule has 2 aromatic heterocycles. The van der Waals surface area contributed by atoms with E-state index in [1.165, 1.54) is 26.4 Å². The first-order valence-electron chi connectivity index (χ1n) is 14.2. The molecule has 0 aliphatic carbocycles. The highest BCUT2D eigenvalue weighted by atomic mass is 19.3. The zero-order chi connectivity index (χ0) is 32.2. The molecule has 3 heterocycles. The van der Waals surface area contributed by atoms with Gasteiger partial charge in [-0.05, 0) is 48.4 Å². The zero-order valence-electron chi connectivity index (χ0n) is 24.8. The van der Waals surface area contributed by atoms with Gasteiger partial charge in [0.2, 0.25) is 5.88 Å². The van der Waals surface area contributed by atoms with Crippen LogP contribution in [-0.4, -0.2) is 65.2 Å². The molecule has 4 aromatic rings. The molecule has 9 nitrogen and oxygen atoms in total. The van der Waals surface area contributed by atoms with E-state index >= 15 is 0 Å². The number of Topliss-reactive ketones (excluding diaryl/α,β-unsaturated/α-hetero) is 1. The number of hydrogen-bond acceptors (Lipinski definition) is 7. The highest BCUT2D eigenvalue weighted by Crippen LogP contribution is 2.38. The summed E-state index contributed by atoms with van der Waals surface area (Å²) in [7, 11) is 2.90. The second-order valence-corrected chi connectivity index (χ2v) is 10.6. The molecule has 0 unspecified atom stereocenters. The van der Waals surface area contributed by atoms with Crippen LogP contribution in [0.2, 0.25) is 0 Å². The first kappa shape index (κ1) is 31.8. The number of para-hydroxylation sites is 1. The summed E-state index contributed by atoms with van der Waals surface area (Å²) in [6, 6.07) is 14.0. The van der Waals surface area contributed by atoms with E-state index in [1.807, 2.05) is 30.3 Å². The largest absolute Gasteiger partial charge is 0.480 e. The van der Waals surface area contributed by atoms with Crippen molar-refractivity contribution in [2.45, 2.75) is 32.3 Å². The summed E-state index contributed by atoms with van der Waals surface area (Å²) in [5, 5.41) is 8.43. The number of rotatable bonds is 11. The summed E-state index contributed by atoms with van der Waals surface area (Å²) in [5.74, 6) is -3.24. The molecule has 0 bridgehead atoms. The molecule has 1 amide bonds. The average molecular weight is 626 g/mol. The predicted molar refractivity (Wildman–Crippen MR) is 156 cm³/mol. The summed E-state index contributed by atoms with van der Waals surface area (Å²) >= 11 is 0. The second kappa shape index (κ2) is 13.6. The van der Waals surface area contributed by atoms with Crippen molar-refractivity contribution in [2.75, 3.05) is 27.2 Å². The minimum atomic E-state index is -2.69. The molecule has 0 spiro atoms. The van der Waals surface area contributed by atoms with E-state index in [4.69, 9.17) is 14.7 Å². The van der Waals surface area contributed by atoms with Gasteiger partial charge in [-0.15, -0.1) is 0 Å². The Balaban J connectivity index is 1.47. The number of pyridine rings is 1. The van der Waals surface area contributed by atoms with E-state index in [-0.39, 0.29) is 42.2 Å². The van der Waals surface area contributed by atoms with Gasteiger partial charge in [0.05, 0.1) is 30.7 Å². The molecule has 2 atom stereocenters. The van der Waals surface area contributed by atoms with Crippen LogP contribution >= 0.6 is 0 Å². The SMILES string of the molecule is CNC(=O)c1cc(-c2nn(-c3ccccc3)c(CC(=O)C[C@@H]3CN(CC(F)F)O[C@H]3c3ccc(F)c(F)c3)c2C)cnc1OC. The monoisotopic (exact) mass is 625 g/mol. The van der Waals surface area contributed by atoms with Gasteiger partial charge >= 0.3 is 0 Å². The predicted octanol–water partition coefficient (Wildman–Crippen LogP) is 5.26. The normalized spacial score (nSPS) is 16.7. The number of aromatic nitrogens is 3. The zero-order valence-corrected chi connectivity index (χ0v) is 24.8. The second-order valence-electron chi connectivity index (χ2n) is 10.6. The van der Waals surface area contributed by atoms with Gasteiger partial charge in [-0.25, -0.2) is 27.2 Å². The Morgan fingerprint density at radius 2 is 1.87 bits per heavy atom. The number of nitrogens with one attached hydrogen (secondary N) is 1. The Morgan fingerprint density at radius 1 is 1.11 bits per heavy atom. The summed E-state index contributed by atoms with van der Waals surface area (Å²) < 4.78 is 61.0. The van der Waals surface area contributed by atoms with Crippen LogP contribution in [0.4, 0.5) is 17.6 Å². The molecule has 0 saturated carbocycles. The Bertz CT molecular complexity index is 1700. The number of amides is 1. The Labute approximate surface area is 256 Å². The molecule has 1 aliphatic rings. The lowest BCUT2D eigenvalue weighted by Gasteiger charge is -2.18. The van der Waals surface area contributed by atoms with Gasteiger partial charge in [-0.3, -0.25) is 14.4 Å². The lowest BCUT2D eigenvalue weighted by atomic mass is 9.90. The molecule has 13 heteroatoms. The fraction of sp³-hybridized carbons (Fsp3) is 0.312. The van der Waals surface area contributed by atoms with Crippen molar-refractivity contribution >= 4 is 11.7 Å². The molecule has 45 heavy (non-hydrogen) atoms. The standard InChI is InChI=1S/C32H31F4N5O4/c1-18-27(14-23(42)11-21-16-40(17-28(35)36)45-30(21)19-9-10-25(33)26(34)13-19)41(22-7-5-4-6-8-22)39-29(18)20-12-24(31(43)37-2)32(44-3)38-15-20/h4-10,12-13,15,21,28,30H,11,14,16-17H2,1-3H3,(H,37,43)/t21-,30+/m1/s1. The van der Waals surface area contributed by atoms with Crippen LogP contribution in [0.3, 0.4) is 0 Å². The van der Waals surface area contributed by atoms with Crippen LogP contribution in [0.15, 0.2) is 60.8 Å². The van der Waals surface area contributed by atoms with Crippen molar-refractivity contribution in [3.8, 4) is 22.8 Å². The Morgan fingerprint density at radius 3 is 2.53 bits per heavy atom. The van der Waals surface area contributed by atoms with Crippen LogP contribution < -0.4 is 10.1 Å². The van der Waals surface area contributed by atoms with Gasteiger partial charge in [-0.1, -0.05) is 24.3 Å². The molecule has 0 radical (unpaired) electrons. The van der Waals surface area contributed by atoms with Crippen LogP contribution in [0.25, 0.3) is 16.9 Å². The third kappa shape index (κ3) is 6.89. The van der Waals surface area contributed by atoms with Gasteiger partial charge in [0.15, 0.2) is 11.6 Å². The maximum atomic E-state index is 14.1. The number of carbonyl (C=O) groups is 2. The summed E-state index contributed by atoms with van der Waals surface area (Å²) in [4.78, 5) is 36.2. The molecule has 236 valence electrons. The summed E-state index contributed by atoms with van der Waals surface area (Å²) in [6.07, 6.45) is -2.24. The first-order chi connectivity index (χ1) is 21.6. The number of nitrogens with zero attached hydrogens (tertiary/aromatic N) is 4. The van der Waals surface area contributed by atoms with Crippen molar-refractivity contribution in [1.82, 2.24) is 25.1 Å². The van der Waals surface area contributed by atoms with Crippen molar-refractivity contribution in [2.24, 2.45) is 5.92 Å². The smallest absolute Gasteiger partial charge is 0.256 e. The number of alkyl halides is 2. The molecule has 1 fully saturated rings. The van der Waals surface area contributed by atoms with Crippen LogP contribution in [-0.2, 0) is 16.1 Å². The minimum absolute atomic E-state index is 0.00170. The molecule has 1 N–H and O–H groups in total. The average Bonchev–Trinajstić information content (AvgIpc) is 3.57. The van der Waals surface area contributed by atoms with E-state index in [0.717, 1.165) is 17.2 Å². The number of benzene rings is 2. The number of ether oxygens (including phenoxy) is 1. The van der Waals surface area contributed by atoms with Crippen LogP contribution in [0, 0.1) is 24.5 Å². The van der Waals surface area contributed by atoms with Crippen LogP contribution in [0.5, 0.6) is 5.88 Å². The van der Waals surface area contributed by atoms with Crippen molar-refractivity contribution in [3.63, 3.8) is 0 Å². The number of carbonyl (C=O) groups excluding carboxylic acids is 2. The number of ketones is 1. The lowest BCUT2D eigenvalue weighted by Crippen LogP contribution is -2.26. The summed E-state index contributed by atoms with van der Waals surface area (Å²) in [6.45, 7) is 1.12. The van der Waals surface area contributed by atoms with Crippen molar-refractivity contribution < 1.29 is 36.7 Å². The fourth-order valence-electron chi connectivity index (χ4n) is 5.50. The van der Waals surface area contributed by atoms with Gasteiger partial charge < -0.3 is 10.1 Å². The fourth-order valence-corrected chi connectivity index (χ4v) is 5.50. The maximum absolute atomic E-state index is 14.1. The maximum Gasteiger partial charge on any atom is 0.256 e. The minimum Gasteiger partial charge on any atom is -0.480 e. The van der Waals surface area contributed by atoms with Crippen molar-refractivity contribution in [1.29, 1.82) is 0 Å². The van der Waals surface area contributed by atoms with E-state index in [0.29, 0.717) is 28.2 Å². The van der Waals surface area contributed by atoms with Gasteiger partial charge in [0.25, 0.3) is 12.3 Å². The number of hydroxylamine groups is 2. The topological polar surface area (TPSA) is 98.6 Å². The third-order valence-corrected chi connectivity index (χ3v) is 7.63. The molecular formula is C32H31F4N5O4. The number of hydrogen-bond donors (Lipinski definition) is 1. The highest BCUT2D eigenvalue weighted by Gasteiger charge is 2.38. The molecule has 1 aliphatic heterocycles. The van der Waals surface area contributed by atoms with E-state index in [1.54, 1.807) is 17.7 Å². The molecule has 5 rings (SSSR count). The van der Waals surface area contributed by atoms with Crippen LogP contribution in [0.1, 0.15) is 39.7 Å². The van der Waals surface area contributed by atoms with Gasteiger partial charge in [0.1, 0.15) is 17.5 Å². The van der Waals surface area contributed by atoms with Gasteiger partial charge in [0, 0.05) is 44.1 Å². The van der Waals surface area contributed by atoms with E-state index < -0.39 is 42.5 Å². The van der Waals surface area contributed by atoms with E-state index in [2.05, 4.69) is 10.3 Å².